The minimum Gasteiger partial charge on any atom is -0.359 e. The van der Waals surface area contributed by atoms with Crippen molar-refractivity contribution < 1.29 is 18.3 Å². The van der Waals surface area contributed by atoms with Crippen molar-refractivity contribution in [3.63, 3.8) is 0 Å². The van der Waals surface area contributed by atoms with E-state index in [0.717, 1.165) is 7.11 Å². The predicted octanol–water partition coefficient (Wildman–Crippen LogP) is 2.32. The normalized spacial score (nSPS) is 14.3. The second-order valence-corrected chi connectivity index (χ2v) is 3.86. The first-order valence-corrected chi connectivity index (χ1v) is 5.76. The first-order valence-electron chi connectivity index (χ1n) is 5.76. The lowest BCUT2D eigenvalue weighted by Crippen LogP contribution is -2.51. The molecular formula is C13H17F2NO2. The highest BCUT2D eigenvalue weighted by atomic mass is 19.3. The molecule has 3 nitrogen and oxygen atoms in total. The van der Waals surface area contributed by atoms with E-state index in [2.05, 4.69) is 5.32 Å². The summed E-state index contributed by atoms with van der Waals surface area (Å²) in [6.45, 7) is 2.18. The van der Waals surface area contributed by atoms with E-state index in [9.17, 15) is 13.6 Å². The largest absolute Gasteiger partial charge is 0.359 e. The molecule has 5 heteroatoms. The molecule has 18 heavy (non-hydrogen) atoms. The fraction of sp³-hybridized carbons (Fsp3) is 0.462. The van der Waals surface area contributed by atoms with E-state index in [1.54, 1.807) is 18.2 Å². The monoisotopic (exact) mass is 257 g/mol. The summed E-state index contributed by atoms with van der Waals surface area (Å²) in [5, 5.41) is 2.46. The van der Waals surface area contributed by atoms with Gasteiger partial charge in [0.1, 0.15) is 0 Å². The standard InChI is InChI=1S/C13H17F2NO2/c1-3-9-16-12(17)13(18-2,11(14)15)10-7-5-4-6-8-10/h4-8,11H,3,9H2,1-2H3,(H,16,17). The van der Waals surface area contributed by atoms with Crippen LogP contribution in [0.2, 0.25) is 0 Å². The van der Waals surface area contributed by atoms with Crippen LogP contribution in [0.1, 0.15) is 18.9 Å². The van der Waals surface area contributed by atoms with Crippen LogP contribution >= 0.6 is 0 Å². The number of carbonyl (C=O) groups is 1. The average Bonchev–Trinajstić information content (AvgIpc) is 2.38. The van der Waals surface area contributed by atoms with Crippen LogP contribution in [0.25, 0.3) is 0 Å². The van der Waals surface area contributed by atoms with Crippen LogP contribution in [0.3, 0.4) is 0 Å². The number of halogens is 2. The smallest absolute Gasteiger partial charge is 0.280 e. The van der Waals surface area contributed by atoms with Gasteiger partial charge in [-0.05, 0) is 12.0 Å². The summed E-state index contributed by atoms with van der Waals surface area (Å²) in [6.07, 6.45) is -2.27. The van der Waals surface area contributed by atoms with Crippen LogP contribution in [0.4, 0.5) is 8.78 Å². The number of amides is 1. The summed E-state index contributed by atoms with van der Waals surface area (Å²) in [7, 11) is 1.12. The highest BCUT2D eigenvalue weighted by Crippen LogP contribution is 2.32. The number of ether oxygens (including phenoxy) is 1. The Balaban J connectivity index is 3.14. The molecule has 0 heterocycles. The van der Waals surface area contributed by atoms with Crippen molar-refractivity contribution in [1.82, 2.24) is 5.32 Å². The topological polar surface area (TPSA) is 38.3 Å². The van der Waals surface area contributed by atoms with Crippen LogP contribution in [0, 0.1) is 0 Å². The predicted molar refractivity (Wildman–Crippen MR) is 64.4 cm³/mol. The number of benzene rings is 1. The molecule has 0 aliphatic rings. The summed E-state index contributed by atoms with van der Waals surface area (Å²) < 4.78 is 31.5. The zero-order valence-electron chi connectivity index (χ0n) is 10.5. The molecule has 0 saturated carbocycles. The molecule has 1 aromatic carbocycles. The molecule has 1 aromatic rings. The summed E-state index contributed by atoms with van der Waals surface area (Å²) in [5.41, 5.74) is -2.09. The zero-order chi connectivity index (χ0) is 13.6. The van der Waals surface area contributed by atoms with Gasteiger partial charge in [0.15, 0.2) is 0 Å². The van der Waals surface area contributed by atoms with Crippen molar-refractivity contribution in [2.45, 2.75) is 25.4 Å². The van der Waals surface area contributed by atoms with Gasteiger partial charge in [-0.15, -0.1) is 0 Å². The second kappa shape index (κ2) is 6.44. The Hall–Kier alpha value is -1.49. The molecule has 0 fully saturated rings. The van der Waals surface area contributed by atoms with Crippen molar-refractivity contribution in [1.29, 1.82) is 0 Å². The number of methoxy groups -OCH3 is 1. The molecule has 1 rings (SSSR count). The number of hydrogen-bond donors (Lipinski definition) is 1. The van der Waals surface area contributed by atoms with Crippen molar-refractivity contribution in [2.75, 3.05) is 13.7 Å². The molecule has 0 spiro atoms. The number of alkyl halides is 2. The Morgan fingerprint density at radius 2 is 2.00 bits per heavy atom. The SMILES string of the molecule is CCCNC(=O)C(OC)(c1ccccc1)C(F)F. The third-order valence-corrected chi connectivity index (χ3v) is 2.70. The van der Waals surface area contributed by atoms with Crippen molar-refractivity contribution in [3.8, 4) is 0 Å². The van der Waals surface area contributed by atoms with Crippen LogP contribution < -0.4 is 5.32 Å². The lowest BCUT2D eigenvalue weighted by atomic mass is 9.92. The van der Waals surface area contributed by atoms with E-state index in [4.69, 9.17) is 4.74 Å². The van der Waals surface area contributed by atoms with Crippen LogP contribution in [0.5, 0.6) is 0 Å². The van der Waals surface area contributed by atoms with Gasteiger partial charge in [0.25, 0.3) is 12.3 Å². The van der Waals surface area contributed by atoms with Gasteiger partial charge in [-0.1, -0.05) is 37.3 Å². The molecular weight excluding hydrogens is 240 g/mol. The average molecular weight is 257 g/mol. The second-order valence-electron chi connectivity index (χ2n) is 3.86. The van der Waals surface area contributed by atoms with E-state index < -0.39 is 17.9 Å². The van der Waals surface area contributed by atoms with E-state index >= 15 is 0 Å². The number of hydrogen-bond acceptors (Lipinski definition) is 2. The first kappa shape index (κ1) is 14.6. The molecule has 1 unspecified atom stereocenters. The first-order chi connectivity index (χ1) is 8.59. The molecule has 0 radical (unpaired) electrons. The third kappa shape index (κ3) is 2.67. The minimum absolute atomic E-state index is 0.149. The van der Waals surface area contributed by atoms with Crippen molar-refractivity contribution in [3.05, 3.63) is 35.9 Å². The fourth-order valence-electron chi connectivity index (χ4n) is 1.71. The van der Waals surface area contributed by atoms with Crippen LogP contribution in [-0.4, -0.2) is 26.0 Å². The van der Waals surface area contributed by atoms with Crippen molar-refractivity contribution in [2.24, 2.45) is 0 Å². The molecule has 0 aliphatic heterocycles. The molecule has 100 valence electrons. The van der Waals surface area contributed by atoms with E-state index in [0.29, 0.717) is 13.0 Å². The van der Waals surface area contributed by atoms with Crippen LogP contribution in [-0.2, 0) is 15.1 Å². The molecule has 0 bridgehead atoms. The third-order valence-electron chi connectivity index (χ3n) is 2.70. The number of nitrogens with one attached hydrogen (secondary N) is 1. The number of carbonyl (C=O) groups excluding carboxylic acids is 1. The van der Waals surface area contributed by atoms with Gasteiger partial charge in [0, 0.05) is 13.7 Å². The molecule has 1 amide bonds. The van der Waals surface area contributed by atoms with Gasteiger partial charge in [-0.2, -0.15) is 0 Å². The molecule has 0 aromatic heterocycles. The molecule has 1 N–H and O–H groups in total. The summed E-state index contributed by atoms with van der Waals surface area (Å²) in [6, 6.07) is 7.80. The maximum absolute atomic E-state index is 13.3. The van der Waals surface area contributed by atoms with E-state index in [-0.39, 0.29) is 5.56 Å². The van der Waals surface area contributed by atoms with Gasteiger partial charge < -0.3 is 10.1 Å². The van der Waals surface area contributed by atoms with Gasteiger partial charge in [0.05, 0.1) is 0 Å². The quantitative estimate of drug-likeness (QED) is 0.849. The lowest BCUT2D eigenvalue weighted by molar-refractivity contribution is -0.168. The Morgan fingerprint density at radius 3 is 2.44 bits per heavy atom. The molecule has 0 aliphatic carbocycles. The zero-order valence-corrected chi connectivity index (χ0v) is 10.5. The van der Waals surface area contributed by atoms with Gasteiger partial charge >= 0.3 is 0 Å². The highest BCUT2D eigenvalue weighted by Gasteiger charge is 2.49. The minimum atomic E-state index is -2.94. The van der Waals surface area contributed by atoms with E-state index in [1.165, 1.54) is 12.1 Å². The summed E-state index contributed by atoms with van der Waals surface area (Å²) >= 11 is 0. The summed E-state index contributed by atoms with van der Waals surface area (Å²) in [5.74, 6) is -0.812. The molecule has 1 atom stereocenters. The van der Waals surface area contributed by atoms with Crippen molar-refractivity contribution >= 4 is 5.91 Å². The Morgan fingerprint density at radius 1 is 1.39 bits per heavy atom. The fourth-order valence-corrected chi connectivity index (χ4v) is 1.71. The van der Waals surface area contributed by atoms with Gasteiger partial charge in [-0.25, -0.2) is 8.78 Å². The Kier molecular flexibility index (Phi) is 5.22. The lowest BCUT2D eigenvalue weighted by Gasteiger charge is -2.30. The van der Waals surface area contributed by atoms with Gasteiger partial charge in [-0.3, -0.25) is 4.79 Å². The van der Waals surface area contributed by atoms with E-state index in [1.807, 2.05) is 6.92 Å². The summed E-state index contributed by atoms with van der Waals surface area (Å²) in [4.78, 5) is 12.0. The Labute approximate surface area is 105 Å². The van der Waals surface area contributed by atoms with Gasteiger partial charge in [0.2, 0.25) is 5.60 Å². The Bertz CT molecular complexity index is 384. The number of rotatable bonds is 6. The maximum atomic E-state index is 13.3. The van der Waals surface area contributed by atoms with Crippen LogP contribution in [0.15, 0.2) is 30.3 Å². The molecule has 0 saturated heterocycles. The maximum Gasteiger partial charge on any atom is 0.280 e. The highest BCUT2D eigenvalue weighted by molar-refractivity contribution is 5.87.